The van der Waals surface area contributed by atoms with E-state index in [4.69, 9.17) is 9.47 Å². The Kier molecular flexibility index (Phi) is 8.40. The van der Waals surface area contributed by atoms with E-state index >= 15 is 0 Å². The zero-order valence-electron chi connectivity index (χ0n) is 12.2. The maximum atomic E-state index is 12.4. The summed E-state index contributed by atoms with van der Waals surface area (Å²) in [6, 6.07) is -0.153. The third-order valence-corrected chi connectivity index (χ3v) is 3.73. The van der Waals surface area contributed by atoms with Crippen molar-refractivity contribution in [3.63, 3.8) is 0 Å². The number of hydrogen-bond acceptors (Lipinski definition) is 5. The van der Waals surface area contributed by atoms with Gasteiger partial charge in [0, 0.05) is 39.8 Å². The molecule has 0 aromatic heterocycles. The maximum Gasteiger partial charge on any atom is 0.242 e. The van der Waals surface area contributed by atoms with Crippen LogP contribution in [0.15, 0.2) is 0 Å². The summed E-state index contributed by atoms with van der Waals surface area (Å²) in [6.07, 6.45) is 1.03. The van der Waals surface area contributed by atoms with E-state index in [1.165, 1.54) is 0 Å². The lowest BCUT2D eigenvalue weighted by Gasteiger charge is -2.29. The maximum absolute atomic E-state index is 12.4. The Labute approximate surface area is 127 Å². The second kappa shape index (κ2) is 9.52. The summed E-state index contributed by atoms with van der Waals surface area (Å²) < 4.78 is 10.5. The molecule has 7 heteroatoms. The van der Waals surface area contributed by atoms with Crippen LogP contribution < -0.4 is 5.32 Å². The summed E-state index contributed by atoms with van der Waals surface area (Å²) in [5.41, 5.74) is 0. The number of nitrogens with one attached hydrogen (secondary N) is 1. The molecule has 0 aromatic rings. The summed E-state index contributed by atoms with van der Waals surface area (Å²) in [6.45, 7) is 7.31. The minimum atomic E-state index is -0.153. The normalized spacial score (nSPS) is 24.9. The number of carbonyl (C=O) groups is 1. The second-order valence-electron chi connectivity index (χ2n) is 5.09. The first-order valence-electron chi connectivity index (χ1n) is 7.12. The van der Waals surface area contributed by atoms with E-state index in [0.717, 1.165) is 52.3 Å². The lowest BCUT2D eigenvalue weighted by Crippen LogP contribution is -2.53. The van der Waals surface area contributed by atoms with Gasteiger partial charge in [-0.25, -0.2) is 0 Å². The number of morpholine rings is 1. The van der Waals surface area contributed by atoms with Gasteiger partial charge in [-0.15, -0.1) is 12.4 Å². The van der Waals surface area contributed by atoms with Gasteiger partial charge in [-0.3, -0.25) is 9.69 Å². The summed E-state index contributed by atoms with van der Waals surface area (Å²) in [5.74, 6) is 0.188. The van der Waals surface area contributed by atoms with E-state index < -0.39 is 0 Å². The minimum absolute atomic E-state index is 0. The lowest BCUT2D eigenvalue weighted by molar-refractivity contribution is -0.136. The second-order valence-corrected chi connectivity index (χ2v) is 5.09. The number of methoxy groups -OCH3 is 1. The minimum Gasteiger partial charge on any atom is -0.383 e. The van der Waals surface area contributed by atoms with Crippen LogP contribution in [0.2, 0.25) is 0 Å². The van der Waals surface area contributed by atoms with Crippen LogP contribution in [0.1, 0.15) is 6.42 Å². The van der Waals surface area contributed by atoms with E-state index in [1.807, 2.05) is 4.90 Å². The Hall–Kier alpha value is -0.400. The fourth-order valence-corrected chi connectivity index (χ4v) is 2.58. The number of rotatable bonds is 4. The van der Waals surface area contributed by atoms with Gasteiger partial charge in [0.2, 0.25) is 5.91 Å². The van der Waals surface area contributed by atoms with Crippen molar-refractivity contribution in [3.05, 3.63) is 0 Å². The van der Waals surface area contributed by atoms with Crippen molar-refractivity contribution >= 4 is 18.3 Å². The molecule has 1 unspecified atom stereocenters. The molecule has 2 saturated heterocycles. The molecular weight excluding hydrogens is 282 g/mol. The molecule has 2 aliphatic rings. The first-order valence-corrected chi connectivity index (χ1v) is 7.12. The molecule has 6 nitrogen and oxygen atoms in total. The molecule has 2 rings (SSSR count). The summed E-state index contributed by atoms with van der Waals surface area (Å²) in [7, 11) is 1.72. The van der Waals surface area contributed by atoms with Crippen LogP contribution in [0.3, 0.4) is 0 Å². The lowest BCUT2D eigenvalue weighted by atomic mass is 10.2. The predicted molar refractivity (Wildman–Crippen MR) is 79.4 cm³/mol. The van der Waals surface area contributed by atoms with E-state index in [0.29, 0.717) is 13.2 Å². The Balaban J connectivity index is 0.00000200. The van der Waals surface area contributed by atoms with Crippen molar-refractivity contribution in [3.8, 4) is 0 Å². The number of halogens is 1. The van der Waals surface area contributed by atoms with Gasteiger partial charge in [0.15, 0.2) is 0 Å². The average molecular weight is 308 g/mol. The first-order chi connectivity index (χ1) is 9.31. The van der Waals surface area contributed by atoms with Crippen LogP contribution in [0.25, 0.3) is 0 Å². The Morgan fingerprint density at radius 3 is 2.90 bits per heavy atom. The van der Waals surface area contributed by atoms with Gasteiger partial charge in [-0.05, 0) is 13.0 Å². The van der Waals surface area contributed by atoms with Crippen LogP contribution in [0, 0.1) is 0 Å². The molecule has 0 saturated carbocycles. The van der Waals surface area contributed by atoms with Crippen molar-refractivity contribution in [2.45, 2.75) is 12.5 Å². The Bertz CT molecular complexity index is 288. The summed E-state index contributed by atoms with van der Waals surface area (Å²) in [5, 5.41) is 3.23. The molecule has 2 fully saturated rings. The quantitative estimate of drug-likeness (QED) is 0.764. The largest absolute Gasteiger partial charge is 0.383 e. The molecule has 0 aromatic carbocycles. The molecule has 0 spiro atoms. The van der Waals surface area contributed by atoms with Crippen LogP contribution >= 0.6 is 12.4 Å². The molecular formula is C13H26ClN3O3. The van der Waals surface area contributed by atoms with E-state index in [2.05, 4.69) is 10.2 Å². The van der Waals surface area contributed by atoms with Gasteiger partial charge in [-0.1, -0.05) is 0 Å². The van der Waals surface area contributed by atoms with Crippen LogP contribution in [0.5, 0.6) is 0 Å². The van der Waals surface area contributed by atoms with Gasteiger partial charge in [0.25, 0.3) is 0 Å². The molecule has 1 N–H and O–H groups in total. The van der Waals surface area contributed by atoms with Crippen molar-refractivity contribution in [2.24, 2.45) is 0 Å². The summed E-state index contributed by atoms with van der Waals surface area (Å²) >= 11 is 0. The predicted octanol–water partition coefficient (Wildman–Crippen LogP) is -0.423. The number of ether oxygens (including phenoxy) is 2. The van der Waals surface area contributed by atoms with E-state index in [9.17, 15) is 4.79 Å². The molecule has 0 bridgehead atoms. The van der Waals surface area contributed by atoms with E-state index in [1.54, 1.807) is 7.11 Å². The molecule has 2 aliphatic heterocycles. The van der Waals surface area contributed by atoms with Gasteiger partial charge in [0.1, 0.15) is 6.04 Å². The fraction of sp³-hybridized carbons (Fsp3) is 0.923. The zero-order valence-corrected chi connectivity index (χ0v) is 13.0. The molecule has 20 heavy (non-hydrogen) atoms. The fourth-order valence-electron chi connectivity index (χ4n) is 2.58. The molecule has 1 atom stereocenters. The highest BCUT2D eigenvalue weighted by Gasteiger charge is 2.27. The zero-order chi connectivity index (χ0) is 13.5. The molecule has 0 aliphatic carbocycles. The number of hydrogen-bond donors (Lipinski definition) is 1. The monoisotopic (exact) mass is 307 g/mol. The topological polar surface area (TPSA) is 54.0 Å². The number of amides is 1. The standard InChI is InChI=1S/C13H25N3O3.ClH/c1-18-10-8-15-4-2-5-16(7-6-15)13(17)12-11-19-9-3-14-12;/h12,14H,2-11H2,1H3;1H. The highest BCUT2D eigenvalue weighted by Crippen LogP contribution is 2.06. The highest BCUT2D eigenvalue weighted by molar-refractivity contribution is 5.85. The number of nitrogens with zero attached hydrogens (tertiary/aromatic N) is 2. The van der Waals surface area contributed by atoms with Crippen molar-refractivity contribution < 1.29 is 14.3 Å². The van der Waals surface area contributed by atoms with E-state index in [-0.39, 0.29) is 24.4 Å². The van der Waals surface area contributed by atoms with Crippen molar-refractivity contribution in [1.82, 2.24) is 15.1 Å². The highest BCUT2D eigenvalue weighted by atomic mass is 35.5. The smallest absolute Gasteiger partial charge is 0.242 e. The van der Waals surface area contributed by atoms with Gasteiger partial charge < -0.3 is 19.7 Å². The SMILES string of the molecule is COCCN1CCCN(C(=O)C2COCCN2)CC1.Cl. The molecule has 1 amide bonds. The Morgan fingerprint density at radius 2 is 2.20 bits per heavy atom. The molecule has 2 heterocycles. The van der Waals surface area contributed by atoms with Crippen LogP contribution in [-0.4, -0.2) is 87.9 Å². The average Bonchev–Trinajstić information content (AvgIpc) is 2.71. The molecule has 118 valence electrons. The third kappa shape index (κ3) is 5.18. The van der Waals surface area contributed by atoms with Gasteiger partial charge in [0.05, 0.1) is 19.8 Å². The number of carbonyl (C=O) groups excluding carboxylic acids is 1. The van der Waals surface area contributed by atoms with Crippen LogP contribution in [-0.2, 0) is 14.3 Å². The van der Waals surface area contributed by atoms with Gasteiger partial charge >= 0.3 is 0 Å². The molecule has 0 radical (unpaired) electrons. The third-order valence-electron chi connectivity index (χ3n) is 3.73. The van der Waals surface area contributed by atoms with Crippen molar-refractivity contribution in [2.75, 3.05) is 66.2 Å². The summed E-state index contributed by atoms with van der Waals surface area (Å²) in [4.78, 5) is 16.7. The Morgan fingerprint density at radius 1 is 1.35 bits per heavy atom. The first kappa shape index (κ1) is 17.7. The van der Waals surface area contributed by atoms with Crippen LogP contribution in [0.4, 0.5) is 0 Å². The van der Waals surface area contributed by atoms with Gasteiger partial charge in [-0.2, -0.15) is 0 Å². The van der Waals surface area contributed by atoms with Crippen molar-refractivity contribution in [1.29, 1.82) is 0 Å².